The third-order valence-corrected chi connectivity index (χ3v) is 8.18. The number of fused-ring (bicyclic) bond motifs is 1. The number of nitrogens with zero attached hydrogens (tertiary/aromatic N) is 3. The number of halogens is 3. The number of ether oxygens (including phenoxy) is 1. The molecule has 1 unspecified atom stereocenters. The van der Waals surface area contributed by atoms with E-state index in [1.165, 1.54) is 4.90 Å². The van der Waals surface area contributed by atoms with Crippen molar-refractivity contribution in [3.8, 4) is 16.9 Å². The van der Waals surface area contributed by atoms with Crippen molar-refractivity contribution in [2.45, 2.75) is 18.9 Å². The molecule has 0 bridgehead atoms. The number of rotatable bonds is 7. The first-order chi connectivity index (χ1) is 18.3. The van der Waals surface area contributed by atoms with Crippen LogP contribution in [0.25, 0.3) is 11.1 Å². The van der Waals surface area contributed by atoms with Gasteiger partial charge in [-0.05, 0) is 60.8 Å². The largest absolute Gasteiger partial charge is 0.482 e. The molecule has 2 aliphatic rings. The second-order valence-corrected chi connectivity index (χ2v) is 10.9. The Labute approximate surface area is 237 Å². The van der Waals surface area contributed by atoms with E-state index in [0.29, 0.717) is 26.5 Å². The summed E-state index contributed by atoms with van der Waals surface area (Å²) in [5.74, 6) is -0.0508. The van der Waals surface area contributed by atoms with Crippen LogP contribution in [0.15, 0.2) is 60.7 Å². The third kappa shape index (κ3) is 5.79. The van der Waals surface area contributed by atoms with Gasteiger partial charge in [0.2, 0.25) is 5.91 Å². The molecule has 0 N–H and O–H groups in total. The Morgan fingerprint density at radius 1 is 0.947 bits per heavy atom. The molecular weight excluding hydrogens is 545 g/mol. The lowest BCUT2D eigenvalue weighted by atomic mass is 9.99. The van der Waals surface area contributed by atoms with Crippen LogP contribution in [0.3, 0.4) is 0 Å². The molecule has 3 aromatic rings. The number of anilines is 1. The normalized spacial score (nSPS) is 16.2. The molecular formula is C29H28Cl3N3O3. The van der Waals surface area contributed by atoms with Crippen LogP contribution in [0, 0.1) is 0 Å². The Balaban J connectivity index is 1.39. The summed E-state index contributed by atoms with van der Waals surface area (Å²) in [6.45, 7) is 2.46. The summed E-state index contributed by atoms with van der Waals surface area (Å²) in [5.41, 5.74) is 3.63. The Morgan fingerprint density at radius 2 is 1.55 bits per heavy atom. The Hall–Kier alpha value is -2.77. The number of amides is 2. The number of carbonyl (C=O) groups excluding carboxylic acids is 2. The van der Waals surface area contributed by atoms with E-state index >= 15 is 0 Å². The van der Waals surface area contributed by atoms with Crippen molar-refractivity contribution >= 4 is 52.3 Å². The molecule has 1 saturated heterocycles. The van der Waals surface area contributed by atoms with Crippen LogP contribution in [-0.2, 0) is 9.59 Å². The molecule has 5 rings (SSSR count). The summed E-state index contributed by atoms with van der Waals surface area (Å²) in [6, 6.07) is 19.0. The summed E-state index contributed by atoms with van der Waals surface area (Å²) >= 11 is 18.4. The van der Waals surface area contributed by atoms with E-state index in [-0.39, 0.29) is 31.0 Å². The van der Waals surface area contributed by atoms with Gasteiger partial charge < -0.3 is 14.5 Å². The summed E-state index contributed by atoms with van der Waals surface area (Å²) in [6.07, 6.45) is 2.31. The molecule has 2 heterocycles. The van der Waals surface area contributed by atoms with Crippen LogP contribution in [-0.4, -0.2) is 61.4 Å². The Kier molecular flexibility index (Phi) is 8.15. The first-order valence-corrected chi connectivity index (χ1v) is 13.7. The maximum Gasteiger partial charge on any atom is 0.265 e. The monoisotopic (exact) mass is 571 g/mol. The molecule has 0 aromatic heterocycles. The predicted octanol–water partition coefficient (Wildman–Crippen LogP) is 6.33. The highest BCUT2D eigenvalue weighted by atomic mass is 35.5. The fraction of sp³-hybridized carbons (Fsp3) is 0.310. The fourth-order valence-corrected chi connectivity index (χ4v) is 5.43. The van der Waals surface area contributed by atoms with Crippen LogP contribution in [0.4, 0.5) is 5.69 Å². The van der Waals surface area contributed by atoms with E-state index in [0.717, 1.165) is 49.2 Å². The highest BCUT2D eigenvalue weighted by molar-refractivity contribution is 6.42. The average molecular weight is 573 g/mol. The molecule has 0 radical (unpaired) electrons. The molecule has 0 saturated carbocycles. The van der Waals surface area contributed by atoms with Crippen molar-refractivity contribution in [3.63, 3.8) is 0 Å². The third-order valence-electron chi connectivity index (χ3n) is 7.20. The van der Waals surface area contributed by atoms with Gasteiger partial charge in [-0.2, -0.15) is 0 Å². The lowest BCUT2D eigenvalue weighted by Gasteiger charge is -2.35. The summed E-state index contributed by atoms with van der Waals surface area (Å²) in [4.78, 5) is 31.9. The lowest BCUT2D eigenvalue weighted by molar-refractivity contribution is -0.133. The summed E-state index contributed by atoms with van der Waals surface area (Å²) in [5, 5.41) is 1.32. The minimum atomic E-state index is -0.305. The molecule has 38 heavy (non-hydrogen) atoms. The van der Waals surface area contributed by atoms with Crippen LogP contribution in [0.1, 0.15) is 24.4 Å². The lowest BCUT2D eigenvalue weighted by Crippen LogP contribution is -2.47. The zero-order valence-corrected chi connectivity index (χ0v) is 23.3. The first kappa shape index (κ1) is 26.8. The standard InChI is InChI=1S/C29H28Cl3N3O3/c1-33(28(36)17-35-25-14-23(31)24(32)15-27(25)38-18-29(35)37)26(16-34-12-2-3-13-34)21-6-4-19(5-7-21)20-8-10-22(30)11-9-20/h4-11,14-15,26H,2-3,12-13,16-18H2,1H3. The van der Waals surface area contributed by atoms with Crippen molar-refractivity contribution in [1.82, 2.24) is 9.80 Å². The van der Waals surface area contributed by atoms with E-state index in [1.54, 1.807) is 24.1 Å². The minimum absolute atomic E-state index is 0.122. The van der Waals surface area contributed by atoms with Gasteiger partial charge in [0, 0.05) is 24.7 Å². The maximum absolute atomic E-state index is 13.6. The highest BCUT2D eigenvalue weighted by Crippen LogP contribution is 2.39. The van der Waals surface area contributed by atoms with E-state index in [1.807, 2.05) is 24.3 Å². The molecule has 2 amide bonds. The van der Waals surface area contributed by atoms with Gasteiger partial charge in [0.05, 0.1) is 21.8 Å². The van der Waals surface area contributed by atoms with Crippen LogP contribution >= 0.6 is 34.8 Å². The van der Waals surface area contributed by atoms with E-state index in [4.69, 9.17) is 39.5 Å². The molecule has 6 nitrogen and oxygen atoms in total. The van der Waals surface area contributed by atoms with Gasteiger partial charge in [-0.25, -0.2) is 0 Å². The minimum Gasteiger partial charge on any atom is -0.482 e. The number of likely N-dealkylation sites (N-methyl/N-ethyl adjacent to an activating group) is 1. The van der Waals surface area contributed by atoms with E-state index in [2.05, 4.69) is 29.2 Å². The number of hydrogen-bond donors (Lipinski definition) is 0. The van der Waals surface area contributed by atoms with Crippen molar-refractivity contribution in [3.05, 3.63) is 81.3 Å². The van der Waals surface area contributed by atoms with Gasteiger partial charge in [-0.1, -0.05) is 71.2 Å². The topological polar surface area (TPSA) is 53.1 Å². The number of hydrogen-bond acceptors (Lipinski definition) is 4. The summed E-state index contributed by atoms with van der Waals surface area (Å²) < 4.78 is 5.53. The SMILES string of the molecule is CN(C(=O)CN1C(=O)COc2cc(Cl)c(Cl)cc21)C(CN1CCCC1)c1ccc(-c2ccc(Cl)cc2)cc1. The van der Waals surface area contributed by atoms with Crippen molar-refractivity contribution < 1.29 is 14.3 Å². The van der Waals surface area contributed by atoms with Crippen LogP contribution in [0.2, 0.25) is 15.1 Å². The predicted molar refractivity (Wildman–Crippen MR) is 152 cm³/mol. The molecule has 3 aromatic carbocycles. The van der Waals surface area contributed by atoms with Crippen molar-refractivity contribution in [2.75, 3.05) is 44.7 Å². The maximum atomic E-state index is 13.6. The molecule has 0 aliphatic carbocycles. The van der Waals surface area contributed by atoms with E-state index in [9.17, 15) is 9.59 Å². The highest BCUT2D eigenvalue weighted by Gasteiger charge is 2.32. The second kappa shape index (κ2) is 11.5. The molecule has 198 valence electrons. The molecule has 0 spiro atoms. The fourth-order valence-electron chi connectivity index (χ4n) is 4.99. The number of likely N-dealkylation sites (tertiary alicyclic amines) is 1. The number of benzene rings is 3. The van der Waals surface area contributed by atoms with Gasteiger partial charge in [0.15, 0.2) is 6.61 Å². The zero-order valence-electron chi connectivity index (χ0n) is 21.0. The van der Waals surface area contributed by atoms with Crippen LogP contribution < -0.4 is 9.64 Å². The van der Waals surface area contributed by atoms with Crippen LogP contribution in [0.5, 0.6) is 5.75 Å². The van der Waals surface area contributed by atoms with Gasteiger partial charge in [-0.15, -0.1) is 0 Å². The molecule has 1 atom stereocenters. The Morgan fingerprint density at radius 3 is 2.21 bits per heavy atom. The zero-order chi connectivity index (χ0) is 26.8. The van der Waals surface area contributed by atoms with Crippen molar-refractivity contribution in [1.29, 1.82) is 0 Å². The Bertz CT molecular complexity index is 1330. The molecule has 1 fully saturated rings. The van der Waals surface area contributed by atoms with Gasteiger partial charge in [0.1, 0.15) is 12.3 Å². The smallest absolute Gasteiger partial charge is 0.265 e. The quantitative estimate of drug-likeness (QED) is 0.332. The molecule has 9 heteroatoms. The molecule has 2 aliphatic heterocycles. The van der Waals surface area contributed by atoms with Crippen molar-refractivity contribution in [2.24, 2.45) is 0 Å². The van der Waals surface area contributed by atoms with Gasteiger partial charge in [-0.3, -0.25) is 14.5 Å². The number of carbonyl (C=O) groups is 2. The van der Waals surface area contributed by atoms with E-state index < -0.39 is 0 Å². The second-order valence-electron chi connectivity index (χ2n) is 9.66. The van der Waals surface area contributed by atoms with Gasteiger partial charge in [0.25, 0.3) is 5.91 Å². The first-order valence-electron chi connectivity index (χ1n) is 12.6. The van der Waals surface area contributed by atoms with Gasteiger partial charge >= 0.3 is 0 Å². The summed E-state index contributed by atoms with van der Waals surface area (Å²) in [7, 11) is 1.80. The average Bonchev–Trinajstić information content (AvgIpc) is 3.44.